The third-order valence-corrected chi connectivity index (χ3v) is 11.3. The van der Waals surface area contributed by atoms with Crippen molar-refractivity contribution in [1.82, 2.24) is 4.40 Å². The number of thiophene rings is 1. The van der Waals surface area contributed by atoms with E-state index >= 15 is 0 Å². The van der Waals surface area contributed by atoms with Crippen LogP contribution in [0.2, 0.25) is 0 Å². The summed E-state index contributed by atoms with van der Waals surface area (Å²) in [5.74, 6) is 0. The second-order valence-electron chi connectivity index (χ2n) is 12.5. The zero-order valence-electron chi connectivity index (χ0n) is 24.8. The van der Waals surface area contributed by atoms with E-state index in [2.05, 4.69) is 155 Å². The van der Waals surface area contributed by atoms with Crippen LogP contribution in [-0.2, 0) is 0 Å². The summed E-state index contributed by atoms with van der Waals surface area (Å²) < 4.78 is 5.13. The maximum absolute atomic E-state index is 4.09. The van der Waals surface area contributed by atoms with Crippen LogP contribution in [0, 0.1) is 0 Å². The molecule has 1 aliphatic rings. The summed E-state index contributed by atoms with van der Waals surface area (Å²) in [6.07, 6.45) is 0. The van der Waals surface area contributed by atoms with Crippen LogP contribution in [0.1, 0.15) is 17.2 Å². The third kappa shape index (κ3) is 3.15. The van der Waals surface area contributed by atoms with Crippen LogP contribution in [0.25, 0.3) is 80.5 Å². The zero-order valence-corrected chi connectivity index (χ0v) is 25.6. The van der Waals surface area contributed by atoms with Crippen LogP contribution in [0.3, 0.4) is 0 Å². The molecule has 0 saturated carbocycles. The van der Waals surface area contributed by atoms with E-state index in [9.17, 15) is 0 Å². The Kier molecular flexibility index (Phi) is 4.81. The largest absolute Gasteiger partial charge is 0.373 e. The molecule has 214 valence electrons. The van der Waals surface area contributed by atoms with E-state index in [4.69, 9.17) is 0 Å². The lowest BCUT2D eigenvalue weighted by Crippen LogP contribution is -2.19. The Labute approximate surface area is 269 Å². The number of hydrogen-bond acceptors (Lipinski definition) is 2. The number of benzene rings is 7. The Morgan fingerprint density at radius 3 is 1.93 bits per heavy atom. The van der Waals surface area contributed by atoms with Crippen LogP contribution in [0.15, 0.2) is 146 Å². The van der Waals surface area contributed by atoms with Crippen LogP contribution < -0.4 is 5.32 Å². The third-order valence-electron chi connectivity index (χ3n) is 10.2. The first-order valence-corrected chi connectivity index (χ1v) is 16.7. The molecule has 0 amide bonds. The first kappa shape index (κ1) is 24.7. The molecule has 0 aliphatic carbocycles. The highest BCUT2D eigenvalue weighted by molar-refractivity contribution is 7.26. The smallest absolute Gasteiger partial charge is 0.0774 e. The molecule has 3 heteroatoms. The topological polar surface area (TPSA) is 16.4 Å². The van der Waals surface area contributed by atoms with Crippen molar-refractivity contribution in [2.45, 2.75) is 6.04 Å². The van der Waals surface area contributed by atoms with Gasteiger partial charge in [-0.3, -0.25) is 0 Å². The fourth-order valence-corrected chi connectivity index (χ4v) is 9.37. The van der Waals surface area contributed by atoms with E-state index in [1.54, 1.807) is 0 Å². The lowest BCUT2D eigenvalue weighted by atomic mass is 9.82. The Hall–Kier alpha value is -5.64. The molecule has 1 aliphatic heterocycles. The fraction of sp³-hybridized carbons (Fsp3) is 0.0233. The molecule has 46 heavy (non-hydrogen) atoms. The second-order valence-corrected chi connectivity index (χ2v) is 13.6. The van der Waals surface area contributed by atoms with Crippen molar-refractivity contribution in [1.29, 1.82) is 0 Å². The van der Waals surface area contributed by atoms with Gasteiger partial charge in [-0.05, 0) is 58.7 Å². The number of aromatic nitrogens is 1. The average Bonchev–Trinajstić information content (AvgIpc) is 3.78. The van der Waals surface area contributed by atoms with Gasteiger partial charge in [0.1, 0.15) is 0 Å². The highest BCUT2D eigenvalue weighted by Crippen LogP contribution is 2.53. The van der Waals surface area contributed by atoms with Crippen molar-refractivity contribution >= 4 is 75.3 Å². The van der Waals surface area contributed by atoms with Gasteiger partial charge >= 0.3 is 0 Å². The van der Waals surface area contributed by atoms with Crippen molar-refractivity contribution in [3.05, 3.63) is 157 Å². The van der Waals surface area contributed by atoms with Crippen LogP contribution in [-0.4, -0.2) is 4.40 Å². The molecule has 1 atom stereocenters. The minimum Gasteiger partial charge on any atom is -0.373 e. The number of para-hydroxylation sites is 3. The van der Waals surface area contributed by atoms with Crippen molar-refractivity contribution in [3.63, 3.8) is 0 Å². The predicted octanol–water partition coefficient (Wildman–Crippen LogP) is 12.1. The quantitative estimate of drug-likeness (QED) is 0.208. The van der Waals surface area contributed by atoms with E-state index in [0.717, 1.165) is 0 Å². The Bertz CT molecular complexity index is 2760. The molecule has 0 saturated heterocycles. The van der Waals surface area contributed by atoms with Crippen molar-refractivity contribution in [2.24, 2.45) is 0 Å². The number of fused-ring (bicyclic) bond motifs is 13. The van der Waals surface area contributed by atoms with Gasteiger partial charge in [0.2, 0.25) is 0 Å². The van der Waals surface area contributed by atoms with E-state index in [1.165, 1.54) is 97.3 Å². The molecule has 0 radical (unpaired) electrons. The maximum atomic E-state index is 4.09. The number of hydrogen-bond donors (Lipinski definition) is 1. The summed E-state index contributed by atoms with van der Waals surface area (Å²) in [6.45, 7) is 0. The monoisotopic (exact) mass is 602 g/mol. The molecule has 10 aromatic rings. The molecule has 4 heterocycles. The van der Waals surface area contributed by atoms with E-state index < -0.39 is 0 Å². The number of nitrogens with zero attached hydrogens (tertiary/aromatic N) is 1. The molecule has 3 aromatic heterocycles. The number of rotatable bonds is 2. The summed E-state index contributed by atoms with van der Waals surface area (Å²) >= 11 is 1.89. The maximum Gasteiger partial charge on any atom is 0.0774 e. The molecule has 0 spiro atoms. The highest BCUT2D eigenvalue weighted by Gasteiger charge is 2.30. The van der Waals surface area contributed by atoms with Gasteiger partial charge in [-0.1, -0.05) is 109 Å². The van der Waals surface area contributed by atoms with E-state index in [1.807, 2.05) is 11.3 Å². The lowest BCUT2D eigenvalue weighted by molar-refractivity contribution is 0.933. The van der Waals surface area contributed by atoms with Crippen molar-refractivity contribution in [3.8, 4) is 22.3 Å². The average molecular weight is 603 g/mol. The molecule has 1 unspecified atom stereocenters. The number of nitrogens with one attached hydrogen (secondary N) is 1. The molecule has 0 fully saturated rings. The highest BCUT2D eigenvalue weighted by atomic mass is 32.1. The summed E-state index contributed by atoms with van der Waals surface area (Å²) in [5.41, 5.74) is 12.7. The Morgan fingerprint density at radius 2 is 1.17 bits per heavy atom. The number of anilines is 1. The first-order valence-electron chi connectivity index (χ1n) is 15.9. The summed E-state index contributed by atoms with van der Waals surface area (Å²) in [6, 6.07) is 53.9. The summed E-state index contributed by atoms with van der Waals surface area (Å²) in [5, 5.41) is 12.0. The van der Waals surface area contributed by atoms with Gasteiger partial charge in [-0.2, -0.15) is 0 Å². The van der Waals surface area contributed by atoms with E-state index in [-0.39, 0.29) is 6.04 Å². The van der Waals surface area contributed by atoms with Gasteiger partial charge < -0.3 is 9.72 Å². The molecule has 7 aromatic carbocycles. The van der Waals surface area contributed by atoms with Gasteiger partial charge in [-0.25, -0.2) is 0 Å². The van der Waals surface area contributed by atoms with E-state index in [0.29, 0.717) is 0 Å². The lowest BCUT2D eigenvalue weighted by Gasteiger charge is -2.32. The SMILES string of the molecule is c1ccc(C2Nc3c(-c4cc5c6ccccc6n6c7ccccc7c(c4)c56)cccc3-c3c2ccc2sc4ccccc4c32)cc1. The first-order chi connectivity index (χ1) is 22.8. The van der Waals surface area contributed by atoms with Gasteiger partial charge in [0.05, 0.1) is 28.3 Å². The molecular formula is C43H26N2S. The minimum atomic E-state index is 0.0365. The predicted molar refractivity (Wildman–Crippen MR) is 197 cm³/mol. The Morgan fingerprint density at radius 1 is 0.522 bits per heavy atom. The van der Waals surface area contributed by atoms with Gasteiger partial charge in [0, 0.05) is 52.8 Å². The van der Waals surface area contributed by atoms with Gasteiger partial charge in [0.25, 0.3) is 0 Å². The van der Waals surface area contributed by atoms with Crippen LogP contribution in [0.5, 0.6) is 0 Å². The summed E-state index contributed by atoms with van der Waals surface area (Å²) in [7, 11) is 0. The minimum absolute atomic E-state index is 0.0365. The fourth-order valence-electron chi connectivity index (χ4n) is 8.26. The second kappa shape index (κ2) is 8.97. The van der Waals surface area contributed by atoms with Crippen molar-refractivity contribution in [2.75, 3.05) is 5.32 Å². The normalized spacial score (nSPS) is 14.5. The standard InChI is InChI=1S/C43H26N2S/c1-2-11-25(12-3-1)41-32-21-22-38-40(30-15-6-9-20-37(30)46-38)39(32)31-17-10-16-27(42(31)44-41)26-23-33-28-13-4-7-18-35(28)45-36-19-8-5-14-29(36)34(24-26)43(33)45/h1-24,41,44H. The molecule has 2 nitrogen and oxygen atoms in total. The van der Waals surface area contributed by atoms with Crippen molar-refractivity contribution < 1.29 is 0 Å². The molecule has 1 N–H and O–H groups in total. The zero-order chi connectivity index (χ0) is 29.9. The van der Waals surface area contributed by atoms with Gasteiger partial charge in [0.15, 0.2) is 0 Å². The molecular weight excluding hydrogens is 577 g/mol. The van der Waals surface area contributed by atoms with Crippen LogP contribution >= 0.6 is 11.3 Å². The molecule has 11 rings (SSSR count). The van der Waals surface area contributed by atoms with Gasteiger partial charge in [-0.15, -0.1) is 11.3 Å². The Balaban J connectivity index is 1.26. The molecule has 0 bridgehead atoms. The van der Waals surface area contributed by atoms with Crippen LogP contribution in [0.4, 0.5) is 5.69 Å². The summed E-state index contributed by atoms with van der Waals surface area (Å²) in [4.78, 5) is 0.